The number of hydrogen-bond donors (Lipinski definition) is 1. The number of benzene rings is 1. The van der Waals surface area contributed by atoms with E-state index in [1.807, 2.05) is 30.3 Å². The van der Waals surface area contributed by atoms with E-state index in [0.717, 1.165) is 55.3 Å². The molecule has 0 aliphatic carbocycles. The van der Waals surface area contributed by atoms with E-state index in [0.29, 0.717) is 16.6 Å². The van der Waals surface area contributed by atoms with Crippen molar-refractivity contribution in [3.05, 3.63) is 58.0 Å². The maximum absolute atomic E-state index is 12.4. The zero-order chi connectivity index (χ0) is 19.1. The third-order valence-electron chi connectivity index (χ3n) is 4.77. The van der Waals surface area contributed by atoms with Gasteiger partial charge in [-0.25, -0.2) is 0 Å². The van der Waals surface area contributed by atoms with Gasteiger partial charge in [0.1, 0.15) is 5.76 Å². The molecular formula is C20H24Cl2N2O2S. The van der Waals surface area contributed by atoms with Crippen LogP contribution in [0.2, 0.25) is 10.0 Å². The van der Waals surface area contributed by atoms with Crippen molar-refractivity contribution in [2.24, 2.45) is 5.92 Å². The van der Waals surface area contributed by atoms with E-state index in [1.165, 1.54) is 0 Å². The van der Waals surface area contributed by atoms with Crippen molar-refractivity contribution >= 4 is 40.9 Å². The van der Waals surface area contributed by atoms with Gasteiger partial charge in [0.15, 0.2) is 0 Å². The Morgan fingerprint density at radius 2 is 1.93 bits per heavy atom. The van der Waals surface area contributed by atoms with Crippen LogP contribution in [-0.2, 0) is 17.1 Å². The van der Waals surface area contributed by atoms with Crippen molar-refractivity contribution in [1.29, 1.82) is 0 Å². The Morgan fingerprint density at radius 1 is 1.19 bits per heavy atom. The molecule has 1 saturated heterocycles. The summed E-state index contributed by atoms with van der Waals surface area (Å²) in [6, 6.07) is 9.45. The molecule has 1 aliphatic rings. The highest BCUT2D eigenvalue weighted by molar-refractivity contribution is 7.98. The number of amides is 1. The SMILES string of the molecule is O=C(NCCSCc1ccco1)C1CCN(Cc2c(Cl)cccc2Cl)CC1. The minimum atomic E-state index is 0.0954. The van der Waals surface area contributed by atoms with Gasteiger partial charge in [0.2, 0.25) is 5.91 Å². The molecule has 0 spiro atoms. The van der Waals surface area contributed by atoms with Gasteiger partial charge in [0, 0.05) is 40.4 Å². The first kappa shape index (κ1) is 20.6. The number of piperidine rings is 1. The lowest BCUT2D eigenvalue weighted by Crippen LogP contribution is -2.40. The monoisotopic (exact) mass is 426 g/mol. The number of rotatable bonds is 8. The van der Waals surface area contributed by atoms with Crippen molar-refractivity contribution in [2.75, 3.05) is 25.4 Å². The number of carbonyl (C=O) groups is 1. The Morgan fingerprint density at radius 3 is 2.59 bits per heavy atom. The molecule has 0 saturated carbocycles. The van der Waals surface area contributed by atoms with E-state index in [2.05, 4.69) is 10.2 Å². The van der Waals surface area contributed by atoms with Crippen LogP contribution in [0.4, 0.5) is 0 Å². The third-order valence-corrected chi connectivity index (χ3v) is 6.46. The molecule has 0 bridgehead atoms. The first-order chi connectivity index (χ1) is 13.1. The molecule has 0 atom stereocenters. The number of halogens is 2. The largest absolute Gasteiger partial charge is 0.468 e. The third kappa shape index (κ3) is 6.18. The number of nitrogens with zero attached hydrogens (tertiary/aromatic N) is 1. The first-order valence-corrected chi connectivity index (χ1v) is 11.1. The minimum Gasteiger partial charge on any atom is -0.468 e. The lowest BCUT2D eigenvalue weighted by Gasteiger charge is -2.31. The molecule has 0 unspecified atom stereocenters. The summed E-state index contributed by atoms with van der Waals surface area (Å²) in [5.41, 5.74) is 0.970. The van der Waals surface area contributed by atoms with Crippen molar-refractivity contribution in [1.82, 2.24) is 10.2 Å². The van der Waals surface area contributed by atoms with E-state index < -0.39 is 0 Å². The molecule has 146 valence electrons. The molecule has 0 radical (unpaired) electrons. The van der Waals surface area contributed by atoms with Gasteiger partial charge in [0.05, 0.1) is 12.0 Å². The van der Waals surface area contributed by atoms with Crippen molar-refractivity contribution in [2.45, 2.75) is 25.1 Å². The zero-order valence-corrected chi connectivity index (χ0v) is 17.5. The van der Waals surface area contributed by atoms with Crippen LogP contribution >= 0.6 is 35.0 Å². The van der Waals surface area contributed by atoms with Gasteiger partial charge in [-0.15, -0.1) is 0 Å². The highest BCUT2D eigenvalue weighted by Gasteiger charge is 2.25. The van der Waals surface area contributed by atoms with E-state index in [-0.39, 0.29) is 11.8 Å². The predicted molar refractivity (Wildman–Crippen MR) is 112 cm³/mol. The maximum atomic E-state index is 12.4. The van der Waals surface area contributed by atoms with Gasteiger partial charge in [-0.3, -0.25) is 9.69 Å². The van der Waals surface area contributed by atoms with Gasteiger partial charge in [-0.2, -0.15) is 11.8 Å². The van der Waals surface area contributed by atoms with Crippen molar-refractivity contribution in [3.8, 4) is 0 Å². The number of hydrogen-bond acceptors (Lipinski definition) is 4. The lowest BCUT2D eigenvalue weighted by molar-refractivity contribution is -0.126. The predicted octanol–water partition coefficient (Wildman–Crippen LogP) is 4.85. The molecule has 1 aliphatic heterocycles. The molecule has 1 amide bonds. The minimum absolute atomic E-state index is 0.0954. The number of carbonyl (C=O) groups excluding carboxylic acids is 1. The van der Waals surface area contributed by atoms with Crippen LogP contribution in [0, 0.1) is 5.92 Å². The second-order valence-electron chi connectivity index (χ2n) is 6.67. The highest BCUT2D eigenvalue weighted by atomic mass is 35.5. The van der Waals surface area contributed by atoms with Crippen molar-refractivity contribution < 1.29 is 9.21 Å². The zero-order valence-electron chi connectivity index (χ0n) is 15.1. The molecule has 1 N–H and O–H groups in total. The molecule has 3 rings (SSSR count). The Labute approximate surface area is 174 Å². The average molecular weight is 427 g/mol. The lowest BCUT2D eigenvalue weighted by atomic mass is 9.95. The molecule has 2 aromatic rings. The molecule has 1 aromatic heterocycles. The summed E-state index contributed by atoms with van der Waals surface area (Å²) >= 11 is 14.3. The fourth-order valence-electron chi connectivity index (χ4n) is 3.22. The number of furan rings is 1. The average Bonchev–Trinajstić information content (AvgIpc) is 3.18. The topological polar surface area (TPSA) is 45.5 Å². The van der Waals surface area contributed by atoms with Crippen LogP contribution < -0.4 is 5.32 Å². The van der Waals surface area contributed by atoms with Crippen LogP contribution in [0.25, 0.3) is 0 Å². The van der Waals surface area contributed by atoms with Crippen molar-refractivity contribution in [3.63, 3.8) is 0 Å². The molecule has 2 heterocycles. The van der Waals surface area contributed by atoms with Gasteiger partial charge in [-0.1, -0.05) is 29.3 Å². The van der Waals surface area contributed by atoms with Crippen LogP contribution in [0.3, 0.4) is 0 Å². The fraction of sp³-hybridized carbons (Fsp3) is 0.450. The standard InChI is InChI=1S/C20H24Cl2N2O2S/c21-18-4-1-5-19(22)17(18)13-24-9-6-15(7-10-24)20(25)23-8-12-27-14-16-3-2-11-26-16/h1-5,11,15H,6-10,12-14H2,(H,23,25). The summed E-state index contributed by atoms with van der Waals surface area (Å²) in [4.78, 5) is 14.7. The summed E-state index contributed by atoms with van der Waals surface area (Å²) in [6.07, 6.45) is 3.42. The van der Waals surface area contributed by atoms with Crippen LogP contribution in [0.1, 0.15) is 24.2 Å². The highest BCUT2D eigenvalue weighted by Crippen LogP contribution is 2.27. The van der Waals surface area contributed by atoms with E-state index >= 15 is 0 Å². The van der Waals surface area contributed by atoms with Crippen LogP contribution in [0.15, 0.2) is 41.0 Å². The Kier molecular flexibility index (Phi) is 7.94. The van der Waals surface area contributed by atoms with Gasteiger partial charge in [-0.05, 0) is 50.2 Å². The van der Waals surface area contributed by atoms with Gasteiger partial charge in [0.25, 0.3) is 0 Å². The Balaban J connectivity index is 1.34. The molecule has 1 aromatic carbocycles. The van der Waals surface area contributed by atoms with Gasteiger partial charge >= 0.3 is 0 Å². The Hall–Kier alpha value is -1.14. The second kappa shape index (κ2) is 10.4. The van der Waals surface area contributed by atoms with Crippen LogP contribution in [0.5, 0.6) is 0 Å². The number of thioether (sulfide) groups is 1. The quantitative estimate of drug-likeness (QED) is 0.612. The molecule has 27 heavy (non-hydrogen) atoms. The summed E-state index contributed by atoms with van der Waals surface area (Å²) in [5, 5.41) is 4.47. The second-order valence-corrected chi connectivity index (χ2v) is 8.59. The number of nitrogens with one attached hydrogen (secondary N) is 1. The van der Waals surface area contributed by atoms with E-state index in [4.69, 9.17) is 27.6 Å². The van der Waals surface area contributed by atoms with E-state index in [9.17, 15) is 4.79 Å². The molecular weight excluding hydrogens is 403 g/mol. The maximum Gasteiger partial charge on any atom is 0.223 e. The summed E-state index contributed by atoms with van der Waals surface area (Å²) in [5.74, 6) is 2.96. The number of likely N-dealkylation sites (tertiary alicyclic amines) is 1. The van der Waals surface area contributed by atoms with E-state index in [1.54, 1.807) is 18.0 Å². The first-order valence-electron chi connectivity index (χ1n) is 9.16. The summed E-state index contributed by atoms with van der Waals surface area (Å²) < 4.78 is 5.29. The smallest absolute Gasteiger partial charge is 0.223 e. The summed E-state index contributed by atoms with van der Waals surface area (Å²) in [7, 11) is 0. The molecule has 1 fully saturated rings. The summed E-state index contributed by atoms with van der Waals surface area (Å²) in [6.45, 7) is 3.19. The molecule has 4 nitrogen and oxygen atoms in total. The van der Waals surface area contributed by atoms with Gasteiger partial charge < -0.3 is 9.73 Å². The molecule has 7 heteroatoms. The fourth-order valence-corrected chi connectivity index (χ4v) is 4.49. The Bertz CT molecular complexity index is 711. The van der Waals surface area contributed by atoms with Crippen LogP contribution in [-0.4, -0.2) is 36.2 Å². The normalized spacial score (nSPS) is 15.8.